The van der Waals surface area contributed by atoms with Gasteiger partial charge in [-0.15, -0.1) is 0 Å². The summed E-state index contributed by atoms with van der Waals surface area (Å²) >= 11 is 0. The highest BCUT2D eigenvalue weighted by molar-refractivity contribution is 5.68. The van der Waals surface area contributed by atoms with E-state index >= 15 is 0 Å². The van der Waals surface area contributed by atoms with E-state index in [1.165, 1.54) is 6.42 Å². The lowest BCUT2D eigenvalue weighted by Crippen LogP contribution is -2.47. The second kappa shape index (κ2) is 6.64. The molecule has 1 fully saturated rings. The highest BCUT2D eigenvalue weighted by Crippen LogP contribution is 2.37. The van der Waals surface area contributed by atoms with Gasteiger partial charge in [-0.1, -0.05) is 31.4 Å². The molecular formula is C16H23NO3. The van der Waals surface area contributed by atoms with Gasteiger partial charge in [0.15, 0.2) is 0 Å². The smallest absolute Gasteiger partial charge is 0.407 e. The van der Waals surface area contributed by atoms with Gasteiger partial charge in [-0.25, -0.2) is 4.79 Å². The zero-order valence-corrected chi connectivity index (χ0v) is 12.3. The maximum atomic E-state index is 11.9. The zero-order valence-electron chi connectivity index (χ0n) is 12.3. The van der Waals surface area contributed by atoms with Gasteiger partial charge in [-0.2, -0.15) is 0 Å². The van der Waals surface area contributed by atoms with Gasteiger partial charge in [-0.05, 0) is 37.5 Å². The maximum absolute atomic E-state index is 11.9. The van der Waals surface area contributed by atoms with Crippen LogP contribution >= 0.6 is 0 Å². The summed E-state index contributed by atoms with van der Waals surface area (Å²) in [5, 5.41) is 3.09. The second-order valence-electron chi connectivity index (χ2n) is 5.22. The van der Waals surface area contributed by atoms with E-state index in [4.69, 9.17) is 9.47 Å². The molecule has 0 aliphatic heterocycles. The molecule has 0 radical (unpaired) electrons. The van der Waals surface area contributed by atoms with Crippen LogP contribution in [-0.4, -0.2) is 19.8 Å². The Morgan fingerprint density at radius 2 is 1.85 bits per heavy atom. The molecule has 110 valence electrons. The quantitative estimate of drug-likeness (QED) is 0.914. The van der Waals surface area contributed by atoms with Gasteiger partial charge >= 0.3 is 6.09 Å². The van der Waals surface area contributed by atoms with Crippen molar-refractivity contribution in [3.8, 4) is 5.75 Å². The van der Waals surface area contributed by atoms with Crippen molar-refractivity contribution in [3.05, 3.63) is 29.8 Å². The summed E-state index contributed by atoms with van der Waals surface area (Å²) in [6.45, 7) is 2.21. The number of carbonyl (C=O) groups excluding carboxylic acids is 1. The van der Waals surface area contributed by atoms with Gasteiger partial charge in [0.05, 0.1) is 19.3 Å². The fourth-order valence-electron chi connectivity index (χ4n) is 2.91. The Hall–Kier alpha value is -1.71. The molecule has 0 unspecified atom stereocenters. The van der Waals surface area contributed by atoms with Crippen LogP contribution in [0, 0.1) is 0 Å². The molecule has 1 N–H and O–H groups in total. The minimum Gasteiger partial charge on any atom is -0.497 e. The first-order chi connectivity index (χ1) is 9.70. The van der Waals surface area contributed by atoms with Crippen molar-refractivity contribution < 1.29 is 14.3 Å². The molecule has 0 saturated heterocycles. The van der Waals surface area contributed by atoms with E-state index in [0.717, 1.165) is 37.0 Å². The lowest BCUT2D eigenvalue weighted by molar-refractivity contribution is 0.127. The first kappa shape index (κ1) is 14.7. The summed E-state index contributed by atoms with van der Waals surface area (Å²) in [6.07, 6.45) is 5.06. The fourth-order valence-corrected chi connectivity index (χ4v) is 2.91. The average Bonchev–Trinajstić information content (AvgIpc) is 2.48. The lowest BCUT2D eigenvalue weighted by Gasteiger charge is -2.38. The average molecular weight is 277 g/mol. The third-order valence-corrected chi connectivity index (χ3v) is 3.97. The fraction of sp³-hybridized carbons (Fsp3) is 0.562. The Morgan fingerprint density at radius 3 is 2.40 bits per heavy atom. The van der Waals surface area contributed by atoms with Crippen molar-refractivity contribution in [2.24, 2.45) is 0 Å². The Labute approximate surface area is 120 Å². The second-order valence-corrected chi connectivity index (χ2v) is 5.22. The topological polar surface area (TPSA) is 47.6 Å². The van der Waals surface area contributed by atoms with Crippen molar-refractivity contribution >= 4 is 6.09 Å². The molecule has 0 spiro atoms. The molecular weight excluding hydrogens is 254 g/mol. The summed E-state index contributed by atoms with van der Waals surface area (Å²) in [5.41, 5.74) is 0.836. The number of amides is 1. The van der Waals surface area contributed by atoms with Crippen molar-refractivity contribution in [3.63, 3.8) is 0 Å². The number of hydrogen-bond acceptors (Lipinski definition) is 3. The molecule has 1 aliphatic carbocycles. The summed E-state index contributed by atoms with van der Waals surface area (Å²) in [4.78, 5) is 11.9. The number of alkyl carbamates (subject to hydrolysis) is 1. The van der Waals surface area contributed by atoms with Crippen LogP contribution in [0.1, 0.15) is 44.6 Å². The minimum absolute atomic E-state index is 0.295. The van der Waals surface area contributed by atoms with Gasteiger partial charge in [0.2, 0.25) is 0 Å². The van der Waals surface area contributed by atoms with E-state index in [1.807, 2.05) is 31.2 Å². The maximum Gasteiger partial charge on any atom is 0.407 e. The van der Waals surface area contributed by atoms with Crippen LogP contribution in [0.5, 0.6) is 5.75 Å². The largest absolute Gasteiger partial charge is 0.497 e. The molecule has 4 nitrogen and oxygen atoms in total. The molecule has 0 atom stereocenters. The molecule has 1 aromatic rings. The number of rotatable bonds is 4. The normalized spacial score (nSPS) is 17.3. The number of ether oxygens (including phenoxy) is 2. The Kier molecular flexibility index (Phi) is 4.88. The van der Waals surface area contributed by atoms with E-state index in [-0.39, 0.29) is 11.6 Å². The van der Waals surface area contributed by atoms with Gasteiger partial charge < -0.3 is 14.8 Å². The van der Waals surface area contributed by atoms with E-state index in [9.17, 15) is 4.79 Å². The van der Waals surface area contributed by atoms with Crippen LogP contribution < -0.4 is 10.1 Å². The van der Waals surface area contributed by atoms with Gasteiger partial charge in [-0.3, -0.25) is 0 Å². The van der Waals surface area contributed by atoms with E-state index in [1.54, 1.807) is 7.11 Å². The van der Waals surface area contributed by atoms with Gasteiger partial charge in [0, 0.05) is 0 Å². The zero-order chi connectivity index (χ0) is 14.4. The number of methoxy groups -OCH3 is 1. The third kappa shape index (κ3) is 3.24. The molecule has 0 bridgehead atoms. The molecule has 1 aliphatic rings. The van der Waals surface area contributed by atoms with E-state index in [0.29, 0.717) is 6.61 Å². The van der Waals surface area contributed by atoms with Gasteiger partial charge in [0.1, 0.15) is 5.75 Å². The summed E-state index contributed by atoms with van der Waals surface area (Å²) < 4.78 is 10.3. The monoisotopic (exact) mass is 277 g/mol. The van der Waals surface area contributed by atoms with Crippen molar-refractivity contribution in [2.75, 3.05) is 13.7 Å². The Bertz CT molecular complexity index is 436. The van der Waals surface area contributed by atoms with Crippen molar-refractivity contribution in [1.29, 1.82) is 0 Å². The van der Waals surface area contributed by atoms with E-state index < -0.39 is 0 Å². The first-order valence-electron chi connectivity index (χ1n) is 7.29. The highest BCUT2D eigenvalue weighted by Gasteiger charge is 2.35. The molecule has 1 saturated carbocycles. The van der Waals surface area contributed by atoms with Crippen molar-refractivity contribution in [2.45, 2.75) is 44.6 Å². The molecule has 1 amide bonds. The number of nitrogens with one attached hydrogen (secondary N) is 1. The summed E-state index contributed by atoms with van der Waals surface area (Å²) in [5.74, 6) is 0.829. The van der Waals surface area contributed by atoms with Crippen LogP contribution in [0.2, 0.25) is 0 Å². The number of hydrogen-bond donors (Lipinski definition) is 1. The van der Waals surface area contributed by atoms with Crippen LogP contribution in [0.15, 0.2) is 24.3 Å². The first-order valence-corrected chi connectivity index (χ1v) is 7.29. The third-order valence-electron chi connectivity index (χ3n) is 3.97. The van der Waals surface area contributed by atoms with Crippen LogP contribution in [0.4, 0.5) is 4.79 Å². The lowest BCUT2D eigenvalue weighted by atomic mass is 9.76. The summed E-state index contributed by atoms with van der Waals surface area (Å²) in [7, 11) is 1.66. The predicted molar refractivity (Wildman–Crippen MR) is 77.9 cm³/mol. The molecule has 20 heavy (non-hydrogen) atoms. The van der Waals surface area contributed by atoms with Crippen LogP contribution in [-0.2, 0) is 10.3 Å². The molecule has 0 heterocycles. The van der Waals surface area contributed by atoms with Crippen LogP contribution in [0.25, 0.3) is 0 Å². The molecule has 0 aromatic heterocycles. The molecule has 4 heteroatoms. The highest BCUT2D eigenvalue weighted by atomic mass is 16.5. The summed E-state index contributed by atoms with van der Waals surface area (Å²) in [6, 6.07) is 7.96. The van der Waals surface area contributed by atoms with E-state index in [2.05, 4.69) is 5.32 Å². The Morgan fingerprint density at radius 1 is 1.20 bits per heavy atom. The molecule has 1 aromatic carbocycles. The standard InChI is InChI=1S/C16H23NO3/c1-3-20-15(18)17-16(11-5-4-6-12-16)13-7-9-14(19-2)10-8-13/h7-10H,3-6,11-12H2,1-2H3,(H,17,18). The predicted octanol–water partition coefficient (Wildman–Crippen LogP) is 3.60. The SMILES string of the molecule is CCOC(=O)NC1(c2ccc(OC)cc2)CCCCC1. The van der Waals surface area contributed by atoms with Crippen molar-refractivity contribution in [1.82, 2.24) is 5.32 Å². The van der Waals surface area contributed by atoms with Crippen LogP contribution in [0.3, 0.4) is 0 Å². The Balaban J connectivity index is 2.22. The number of carbonyl (C=O) groups is 1. The molecule has 2 rings (SSSR count). The number of benzene rings is 1. The van der Waals surface area contributed by atoms with Gasteiger partial charge in [0.25, 0.3) is 0 Å². The minimum atomic E-state index is -0.329.